The van der Waals surface area contributed by atoms with E-state index in [9.17, 15) is 0 Å². The van der Waals surface area contributed by atoms with Gasteiger partial charge >= 0.3 is 0 Å². The van der Waals surface area contributed by atoms with Crippen LogP contribution in [0, 0.1) is 29.6 Å². The highest BCUT2D eigenvalue weighted by atomic mass is 16.7. The average molecular weight is 411 g/mol. The lowest BCUT2D eigenvalue weighted by molar-refractivity contribution is -0.215. The van der Waals surface area contributed by atoms with E-state index in [-0.39, 0.29) is 11.7 Å². The van der Waals surface area contributed by atoms with E-state index in [1.54, 1.807) is 6.21 Å². The van der Waals surface area contributed by atoms with Crippen molar-refractivity contribution in [2.24, 2.45) is 26.8 Å². The third-order valence-corrected chi connectivity index (χ3v) is 5.27. The number of nitrogens with two attached hydrogens (primary N) is 1. The lowest BCUT2D eigenvalue weighted by Crippen LogP contribution is -2.52. The van der Waals surface area contributed by atoms with E-state index in [0.717, 1.165) is 36.3 Å². The van der Waals surface area contributed by atoms with Gasteiger partial charge in [0.1, 0.15) is 5.71 Å². The van der Waals surface area contributed by atoms with Gasteiger partial charge in [-0.25, -0.2) is 0 Å². The first kappa shape index (κ1) is 22.5. The highest BCUT2D eigenvalue weighted by Gasteiger charge is 2.33. The summed E-state index contributed by atoms with van der Waals surface area (Å²) >= 11 is 0. The molecule has 3 rings (SSSR count). The number of benzene rings is 1. The maximum absolute atomic E-state index is 5.71. The molecule has 2 saturated heterocycles. The summed E-state index contributed by atoms with van der Waals surface area (Å²) < 4.78 is 11.4. The van der Waals surface area contributed by atoms with Crippen molar-refractivity contribution in [2.45, 2.75) is 40.9 Å². The number of hydrogen-bond donors (Lipinski definition) is 1. The molecule has 1 aromatic rings. The first-order valence-electron chi connectivity index (χ1n) is 10.5. The molecule has 0 aromatic heterocycles. The van der Waals surface area contributed by atoms with Crippen molar-refractivity contribution in [2.75, 3.05) is 39.4 Å². The summed E-state index contributed by atoms with van der Waals surface area (Å²) in [5.74, 6) is 12.2. The minimum Gasteiger partial charge on any atom is -0.350 e. The van der Waals surface area contributed by atoms with Crippen molar-refractivity contribution in [3.05, 3.63) is 34.9 Å². The van der Waals surface area contributed by atoms with Gasteiger partial charge in [-0.3, -0.25) is 9.89 Å². The summed E-state index contributed by atoms with van der Waals surface area (Å²) in [6, 6.07) is 6.07. The molecular formula is C24H34N4O2. The van der Waals surface area contributed by atoms with Crippen molar-refractivity contribution < 1.29 is 9.47 Å². The molecule has 2 N–H and O–H groups in total. The van der Waals surface area contributed by atoms with Gasteiger partial charge in [-0.2, -0.15) is 5.10 Å². The fraction of sp³-hybridized carbons (Fsp3) is 0.583. The van der Waals surface area contributed by atoms with Crippen LogP contribution >= 0.6 is 0 Å². The molecule has 0 unspecified atom stereocenters. The quantitative estimate of drug-likeness (QED) is 0.351. The normalized spacial score (nSPS) is 21.8. The topological polar surface area (TPSA) is 72.4 Å². The smallest absolute Gasteiger partial charge is 0.176 e. The van der Waals surface area contributed by atoms with Crippen molar-refractivity contribution in [3.63, 3.8) is 0 Å². The number of aryl methyl sites for hydroxylation is 1. The molecule has 162 valence electrons. The minimum atomic E-state index is -0.316. The standard InChI is InChI=1S/C24H34N4O2/c1-18-11-19(7-6-10-28-14-23(2,3)15-28)8-9-20(18)21(27-25)12-26-13-22-29-16-24(4,5)17-30-22/h8-9,11-12,22H,10,13-17,25H2,1-5H3/b26-12?,27-21+. The molecule has 6 nitrogen and oxygen atoms in total. The summed E-state index contributed by atoms with van der Waals surface area (Å²) in [5.41, 5.74) is 4.13. The summed E-state index contributed by atoms with van der Waals surface area (Å²) in [7, 11) is 0. The van der Waals surface area contributed by atoms with Gasteiger partial charge in [0.25, 0.3) is 0 Å². The second-order valence-corrected chi connectivity index (χ2v) is 9.87. The summed E-state index contributed by atoms with van der Waals surface area (Å²) in [6.07, 6.45) is 1.37. The predicted octanol–water partition coefficient (Wildman–Crippen LogP) is 2.82. The molecule has 2 heterocycles. The summed E-state index contributed by atoms with van der Waals surface area (Å²) in [6.45, 7) is 15.6. The van der Waals surface area contributed by atoms with Crippen LogP contribution in [-0.2, 0) is 9.47 Å². The largest absolute Gasteiger partial charge is 0.350 e. The molecule has 0 aliphatic carbocycles. The van der Waals surface area contributed by atoms with Gasteiger partial charge < -0.3 is 15.3 Å². The summed E-state index contributed by atoms with van der Waals surface area (Å²) in [5, 5.41) is 3.92. The van der Waals surface area contributed by atoms with Crippen molar-refractivity contribution >= 4 is 11.9 Å². The number of likely N-dealkylation sites (tertiary alicyclic amines) is 1. The molecular weight excluding hydrogens is 376 g/mol. The first-order valence-corrected chi connectivity index (χ1v) is 10.5. The number of rotatable bonds is 5. The Morgan fingerprint density at radius 2 is 1.90 bits per heavy atom. The maximum Gasteiger partial charge on any atom is 0.176 e. The van der Waals surface area contributed by atoms with Crippen molar-refractivity contribution in [1.29, 1.82) is 0 Å². The number of ether oxygens (including phenoxy) is 2. The van der Waals surface area contributed by atoms with Crippen molar-refractivity contribution in [3.8, 4) is 11.8 Å². The zero-order valence-electron chi connectivity index (χ0n) is 18.9. The lowest BCUT2D eigenvalue weighted by Gasteiger charge is -2.44. The van der Waals surface area contributed by atoms with Crippen LogP contribution in [0.3, 0.4) is 0 Å². The molecule has 2 fully saturated rings. The SMILES string of the molecule is Cc1cc(C#CCN2CC(C)(C)C2)ccc1/C(C=NCC1OCC(C)(C)CO1)=N/N. The molecule has 30 heavy (non-hydrogen) atoms. The van der Waals surface area contributed by atoms with Gasteiger partial charge in [0, 0.05) is 35.8 Å². The van der Waals surface area contributed by atoms with Gasteiger partial charge in [-0.05, 0) is 30.0 Å². The van der Waals surface area contributed by atoms with E-state index in [1.165, 1.54) is 0 Å². The van der Waals surface area contributed by atoms with Gasteiger partial charge in [0.05, 0.1) is 26.3 Å². The highest BCUT2D eigenvalue weighted by Crippen LogP contribution is 2.27. The monoisotopic (exact) mass is 410 g/mol. The Morgan fingerprint density at radius 1 is 1.20 bits per heavy atom. The number of nitrogens with zero attached hydrogens (tertiary/aromatic N) is 3. The van der Waals surface area contributed by atoms with Gasteiger partial charge in [-0.1, -0.05) is 45.6 Å². The van der Waals surface area contributed by atoms with E-state index in [4.69, 9.17) is 15.3 Å². The Hall–Kier alpha value is -2.20. The molecule has 1 aromatic carbocycles. The Bertz CT molecular complexity index is 859. The Kier molecular flexibility index (Phi) is 6.97. The van der Waals surface area contributed by atoms with E-state index in [0.29, 0.717) is 30.9 Å². The molecule has 0 radical (unpaired) electrons. The Labute approximate surface area is 180 Å². The predicted molar refractivity (Wildman–Crippen MR) is 122 cm³/mol. The van der Waals surface area contributed by atoms with Crippen LogP contribution in [0.15, 0.2) is 28.3 Å². The molecule has 2 aliphatic rings. The number of hydrazone groups is 1. The molecule has 0 bridgehead atoms. The third kappa shape index (κ3) is 6.15. The van der Waals surface area contributed by atoms with Crippen LogP contribution in [0.25, 0.3) is 0 Å². The van der Waals surface area contributed by atoms with Crippen LogP contribution in [0.1, 0.15) is 44.4 Å². The van der Waals surface area contributed by atoms with E-state index in [2.05, 4.69) is 60.6 Å². The zero-order chi connectivity index (χ0) is 21.8. The van der Waals surface area contributed by atoms with Crippen LogP contribution in [0.4, 0.5) is 0 Å². The van der Waals surface area contributed by atoms with Crippen LogP contribution < -0.4 is 5.84 Å². The fourth-order valence-corrected chi connectivity index (χ4v) is 3.79. The van der Waals surface area contributed by atoms with E-state index in [1.807, 2.05) is 19.1 Å². The Balaban J connectivity index is 1.55. The molecule has 0 amide bonds. The summed E-state index contributed by atoms with van der Waals surface area (Å²) in [4.78, 5) is 6.80. The van der Waals surface area contributed by atoms with Crippen LogP contribution in [0.2, 0.25) is 0 Å². The minimum absolute atomic E-state index is 0.0533. The average Bonchev–Trinajstić information content (AvgIpc) is 2.66. The second kappa shape index (κ2) is 9.30. The first-order chi connectivity index (χ1) is 14.2. The lowest BCUT2D eigenvalue weighted by atomic mass is 9.84. The molecule has 2 aliphatic heterocycles. The number of hydrogen-bond acceptors (Lipinski definition) is 6. The van der Waals surface area contributed by atoms with Crippen LogP contribution in [-0.4, -0.2) is 62.5 Å². The van der Waals surface area contributed by atoms with Gasteiger partial charge in [0.15, 0.2) is 6.29 Å². The molecule has 0 atom stereocenters. The number of aliphatic imine (C=N–C) groups is 1. The molecule has 6 heteroatoms. The van der Waals surface area contributed by atoms with E-state index >= 15 is 0 Å². The Morgan fingerprint density at radius 3 is 2.50 bits per heavy atom. The maximum atomic E-state index is 5.71. The van der Waals surface area contributed by atoms with E-state index < -0.39 is 0 Å². The fourth-order valence-electron chi connectivity index (χ4n) is 3.79. The second-order valence-electron chi connectivity index (χ2n) is 9.87. The zero-order valence-corrected chi connectivity index (χ0v) is 18.9. The van der Waals surface area contributed by atoms with Crippen molar-refractivity contribution in [1.82, 2.24) is 4.90 Å². The highest BCUT2D eigenvalue weighted by molar-refractivity contribution is 6.38. The molecule has 0 saturated carbocycles. The third-order valence-electron chi connectivity index (χ3n) is 5.27. The molecule has 0 spiro atoms. The van der Waals surface area contributed by atoms with Gasteiger partial charge in [-0.15, -0.1) is 0 Å². The van der Waals surface area contributed by atoms with Crippen LogP contribution in [0.5, 0.6) is 0 Å². The van der Waals surface area contributed by atoms with Gasteiger partial charge in [0.2, 0.25) is 0 Å².